The summed E-state index contributed by atoms with van der Waals surface area (Å²) in [6, 6.07) is 10.8. The number of amides is 1. The molecule has 1 aliphatic carbocycles. The maximum absolute atomic E-state index is 15.4. The fraction of sp³-hybridized carbons (Fsp3) is 0.345. The first-order valence-corrected chi connectivity index (χ1v) is 14.3. The van der Waals surface area contributed by atoms with Gasteiger partial charge in [0.05, 0.1) is 31.9 Å². The van der Waals surface area contributed by atoms with Gasteiger partial charge in [-0.25, -0.2) is 13.6 Å². The first-order chi connectivity index (χ1) is 20.3. The normalized spacial score (nSPS) is 21.5. The zero-order valence-corrected chi connectivity index (χ0v) is 23.2. The molecular formula is C29H25F2N3O7S. The standard InChI is InChI=1S/C29H25F2N3O7S/c1-38-28(37)40-15-39-26-20(35)8-11-33-25(26)27(36)32-14-29(9-10-29)41-12-22(32)34(33)24-16-6-7-19(30)23(31)18(16)13-42-21-5-3-2-4-17(21)24/h2-8,11,22,24H,9-10,12-15H2,1H3/t22-,24+/m1/s1. The molecule has 218 valence electrons. The smallest absolute Gasteiger partial charge is 0.451 e. The number of thioether (sulfide) groups is 1. The van der Waals surface area contributed by atoms with Gasteiger partial charge in [0, 0.05) is 28.5 Å². The molecule has 0 unspecified atom stereocenters. The van der Waals surface area contributed by atoms with Crippen molar-refractivity contribution in [3.05, 3.63) is 92.9 Å². The number of rotatable bonds is 4. The Morgan fingerprint density at radius 1 is 1.12 bits per heavy atom. The highest BCUT2D eigenvalue weighted by atomic mass is 32.2. The van der Waals surface area contributed by atoms with E-state index in [0.717, 1.165) is 36.5 Å². The van der Waals surface area contributed by atoms with Crippen molar-refractivity contribution >= 4 is 23.8 Å². The third kappa shape index (κ3) is 4.21. The van der Waals surface area contributed by atoms with E-state index >= 15 is 4.39 Å². The Morgan fingerprint density at radius 2 is 1.93 bits per heavy atom. The van der Waals surface area contributed by atoms with Gasteiger partial charge in [-0.15, -0.1) is 11.8 Å². The van der Waals surface area contributed by atoms with E-state index in [1.165, 1.54) is 28.7 Å². The third-order valence-electron chi connectivity index (χ3n) is 8.14. The molecule has 42 heavy (non-hydrogen) atoms. The molecule has 4 heterocycles. The molecule has 1 saturated heterocycles. The number of fused-ring (bicyclic) bond motifs is 4. The van der Waals surface area contributed by atoms with Gasteiger partial charge in [0.2, 0.25) is 18.0 Å². The zero-order valence-electron chi connectivity index (χ0n) is 22.4. The van der Waals surface area contributed by atoms with Crippen LogP contribution in [0.25, 0.3) is 0 Å². The number of carbonyl (C=O) groups excluding carboxylic acids is 2. The summed E-state index contributed by atoms with van der Waals surface area (Å²) in [6.45, 7) is -0.232. The number of hydrogen-bond acceptors (Lipinski definition) is 9. The van der Waals surface area contributed by atoms with Gasteiger partial charge >= 0.3 is 6.16 Å². The molecule has 1 aromatic heterocycles. The van der Waals surface area contributed by atoms with Gasteiger partial charge in [-0.2, -0.15) is 0 Å². The Morgan fingerprint density at radius 3 is 2.71 bits per heavy atom. The highest BCUT2D eigenvalue weighted by Gasteiger charge is 2.56. The lowest BCUT2D eigenvalue weighted by molar-refractivity contribution is -0.0792. The van der Waals surface area contributed by atoms with Crippen LogP contribution in [0.3, 0.4) is 0 Å². The van der Waals surface area contributed by atoms with E-state index in [1.54, 1.807) is 11.0 Å². The number of nitrogens with zero attached hydrogens (tertiary/aromatic N) is 3. The summed E-state index contributed by atoms with van der Waals surface area (Å²) in [5.41, 5.74) is 0.409. The molecule has 0 N–H and O–H groups in total. The number of aromatic nitrogens is 1. The topological polar surface area (TPSA) is 99.5 Å². The number of carbonyl (C=O) groups is 2. The Labute approximate surface area is 242 Å². The first-order valence-electron chi connectivity index (χ1n) is 13.3. The van der Waals surface area contributed by atoms with Crippen molar-refractivity contribution in [2.24, 2.45) is 0 Å². The van der Waals surface area contributed by atoms with Crippen LogP contribution in [-0.4, -0.2) is 60.5 Å². The minimum atomic E-state index is -1.02. The molecule has 0 bridgehead atoms. The molecule has 0 radical (unpaired) electrons. The molecule has 2 aromatic carbocycles. The maximum atomic E-state index is 15.4. The van der Waals surface area contributed by atoms with Crippen molar-refractivity contribution in [2.75, 3.05) is 32.1 Å². The predicted octanol–water partition coefficient (Wildman–Crippen LogP) is 3.92. The molecule has 10 nitrogen and oxygen atoms in total. The second kappa shape index (κ2) is 10.0. The van der Waals surface area contributed by atoms with Gasteiger partial charge in [-0.3, -0.25) is 19.3 Å². The molecule has 1 saturated carbocycles. The highest BCUT2D eigenvalue weighted by Crippen LogP contribution is 2.48. The van der Waals surface area contributed by atoms with E-state index in [9.17, 15) is 18.8 Å². The van der Waals surface area contributed by atoms with Gasteiger partial charge in [0.25, 0.3) is 5.91 Å². The molecule has 1 amide bonds. The second-order valence-electron chi connectivity index (χ2n) is 10.5. The van der Waals surface area contributed by atoms with Crippen molar-refractivity contribution in [3.8, 4) is 5.75 Å². The summed E-state index contributed by atoms with van der Waals surface area (Å²) < 4.78 is 52.6. The molecular weight excluding hydrogens is 572 g/mol. The zero-order chi connectivity index (χ0) is 29.2. The van der Waals surface area contributed by atoms with Crippen LogP contribution in [0.5, 0.6) is 5.75 Å². The maximum Gasteiger partial charge on any atom is 0.510 e. The van der Waals surface area contributed by atoms with Crippen LogP contribution < -0.4 is 15.2 Å². The van der Waals surface area contributed by atoms with Gasteiger partial charge in [0.1, 0.15) is 6.17 Å². The van der Waals surface area contributed by atoms with E-state index in [2.05, 4.69) is 4.74 Å². The van der Waals surface area contributed by atoms with Crippen molar-refractivity contribution < 1.29 is 37.3 Å². The SMILES string of the molecule is COC(=O)OCOc1c2n(ccc1=O)N([C@@H]1c3ccccc3SCc3c1ccc(F)c3F)[C@@H]1COC3(CC3)CN1C2=O. The lowest BCUT2D eigenvalue weighted by Crippen LogP contribution is -2.68. The number of ether oxygens (including phenoxy) is 4. The summed E-state index contributed by atoms with van der Waals surface area (Å²) in [5, 5.41) is 1.86. The Hall–Kier alpha value is -4.10. The molecule has 4 aliphatic rings. The van der Waals surface area contributed by atoms with Gasteiger partial charge in [-0.05, 0) is 36.1 Å². The van der Waals surface area contributed by atoms with E-state index in [-0.39, 0.29) is 35.9 Å². The van der Waals surface area contributed by atoms with Crippen LogP contribution >= 0.6 is 11.8 Å². The average molecular weight is 598 g/mol. The van der Waals surface area contributed by atoms with Crippen LogP contribution in [0, 0.1) is 11.6 Å². The first kappa shape index (κ1) is 26.8. The molecule has 3 aliphatic heterocycles. The molecule has 2 fully saturated rings. The number of morpholine rings is 1. The van der Waals surface area contributed by atoms with Crippen LogP contribution in [0.2, 0.25) is 0 Å². The number of halogens is 2. The number of methoxy groups -OCH3 is 1. The van der Waals surface area contributed by atoms with Gasteiger partial charge in [0.15, 0.2) is 17.3 Å². The van der Waals surface area contributed by atoms with E-state index in [1.807, 2.05) is 29.3 Å². The lowest BCUT2D eigenvalue weighted by Gasteiger charge is -2.53. The van der Waals surface area contributed by atoms with Crippen molar-refractivity contribution in [1.82, 2.24) is 9.58 Å². The highest BCUT2D eigenvalue weighted by molar-refractivity contribution is 7.98. The second-order valence-corrected chi connectivity index (χ2v) is 11.5. The molecule has 1 spiro atoms. The minimum absolute atomic E-state index is 0.0802. The Kier molecular flexibility index (Phi) is 6.39. The van der Waals surface area contributed by atoms with Crippen LogP contribution in [0.15, 0.2) is 58.4 Å². The van der Waals surface area contributed by atoms with E-state index < -0.39 is 53.7 Å². The lowest BCUT2D eigenvalue weighted by atomic mass is 9.93. The van der Waals surface area contributed by atoms with Crippen molar-refractivity contribution in [3.63, 3.8) is 0 Å². The Bertz CT molecular complexity index is 1680. The quantitative estimate of drug-likeness (QED) is 0.327. The van der Waals surface area contributed by atoms with Gasteiger partial charge in [-0.1, -0.05) is 24.3 Å². The summed E-state index contributed by atoms with van der Waals surface area (Å²) in [6.07, 6.45) is 1.37. The third-order valence-corrected chi connectivity index (χ3v) is 9.26. The minimum Gasteiger partial charge on any atom is -0.451 e. The summed E-state index contributed by atoms with van der Waals surface area (Å²) >= 11 is 1.40. The summed E-state index contributed by atoms with van der Waals surface area (Å²) in [5.74, 6) is -2.45. The largest absolute Gasteiger partial charge is 0.510 e. The van der Waals surface area contributed by atoms with E-state index in [4.69, 9.17) is 14.2 Å². The van der Waals surface area contributed by atoms with Gasteiger partial charge < -0.3 is 23.8 Å². The summed E-state index contributed by atoms with van der Waals surface area (Å²) in [4.78, 5) is 41.3. The number of benzene rings is 2. The van der Waals surface area contributed by atoms with E-state index in [0.29, 0.717) is 5.56 Å². The summed E-state index contributed by atoms with van der Waals surface area (Å²) in [7, 11) is 1.13. The van der Waals surface area contributed by atoms with Crippen LogP contribution in [-0.2, 0) is 20.0 Å². The molecule has 13 heteroatoms. The number of hydrogen-bond donors (Lipinski definition) is 0. The van der Waals surface area contributed by atoms with Crippen LogP contribution in [0.4, 0.5) is 13.6 Å². The molecule has 7 rings (SSSR count). The molecule has 3 aromatic rings. The monoisotopic (exact) mass is 597 g/mol. The van der Waals surface area contributed by atoms with Crippen LogP contribution in [0.1, 0.15) is 46.1 Å². The fourth-order valence-corrected chi connectivity index (χ4v) is 7.04. The average Bonchev–Trinajstić information content (AvgIpc) is 3.78. The Balaban J connectivity index is 1.44. The number of pyridine rings is 1. The molecule has 2 atom stereocenters. The fourth-order valence-electron chi connectivity index (χ4n) is 5.93. The predicted molar refractivity (Wildman–Crippen MR) is 145 cm³/mol. The van der Waals surface area contributed by atoms with Crippen molar-refractivity contribution in [1.29, 1.82) is 0 Å². The van der Waals surface area contributed by atoms with Crippen molar-refractivity contribution in [2.45, 2.75) is 41.3 Å².